The third-order valence-corrected chi connectivity index (χ3v) is 3.62. The summed E-state index contributed by atoms with van der Waals surface area (Å²) in [5, 5.41) is 4.75. The van der Waals surface area contributed by atoms with Gasteiger partial charge in [-0.15, -0.1) is 0 Å². The Morgan fingerprint density at radius 2 is 2.11 bits per heavy atom. The van der Waals surface area contributed by atoms with E-state index in [-0.39, 0.29) is 5.28 Å². The molecule has 0 aromatic carbocycles. The summed E-state index contributed by atoms with van der Waals surface area (Å²) >= 11 is 5.81. The Balaban J connectivity index is 1.84. The van der Waals surface area contributed by atoms with Crippen molar-refractivity contribution in [2.45, 2.75) is 26.3 Å². The van der Waals surface area contributed by atoms with E-state index in [2.05, 4.69) is 20.0 Å². The van der Waals surface area contributed by atoms with Crippen LogP contribution in [0, 0.1) is 6.92 Å². The van der Waals surface area contributed by atoms with Crippen LogP contribution in [0.1, 0.15) is 24.1 Å². The van der Waals surface area contributed by atoms with Gasteiger partial charge in [0.1, 0.15) is 0 Å². The third-order valence-electron chi connectivity index (χ3n) is 3.44. The lowest BCUT2D eigenvalue weighted by atomic mass is 10.2. The van der Waals surface area contributed by atoms with E-state index in [1.807, 2.05) is 13.1 Å². The molecule has 6 heteroatoms. The third kappa shape index (κ3) is 2.77. The fraction of sp³-hybridized carbons (Fsp3) is 0.462. The molecule has 5 nitrogen and oxygen atoms in total. The van der Waals surface area contributed by atoms with Crippen molar-refractivity contribution in [1.29, 1.82) is 0 Å². The van der Waals surface area contributed by atoms with Crippen LogP contribution in [0.4, 0.5) is 0 Å². The van der Waals surface area contributed by atoms with Gasteiger partial charge in [0.05, 0.1) is 5.69 Å². The maximum atomic E-state index is 5.81. The fourth-order valence-corrected chi connectivity index (χ4v) is 2.55. The van der Waals surface area contributed by atoms with Crippen molar-refractivity contribution >= 4 is 11.6 Å². The summed E-state index contributed by atoms with van der Waals surface area (Å²) in [5.74, 6) is 0.704. The highest BCUT2D eigenvalue weighted by atomic mass is 35.5. The van der Waals surface area contributed by atoms with Crippen LogP contribution in [-0.2, 0) is 6.54 Å². The summed E-state index contributed by atoms with van der Waals surface area (Å²) in [6, 6.07) is 1.80. The zero-order valence-corrected chi connectivity index (χ0v) is 11.6. The summed E-state index contributed by atoms with van der Waals surface area (Å²) in [7, 11) is 0. The Morgan fingerprint density at radius 3 is 2.84 bits per heavy atom. The molecule has 1 saturated heterocycles. The van der Waals surface area contributed by atoms with Crippen molar-refractivity contribution < 1.29 is 0 Å². The highest BCUT2D eigenvalue weighted by molar-refractivity contribution is 6.28. The van der Waals surface area contributed by atoms with Crippen LogP contribution >= 0.6 is 11.6 Å². The maximum Gasteiger partial charge on any atom is 0.224 e. The van der Waals surface area contributed by atoms with E-state index >= 15 is 0 Å². The van der Waals surface area contributed by atoms with Gasteiger partial charge in [-0.1, -0.05) is 0 Å². The van der Waals surface area contributed by atoms with Crippen LogP contribution in [0.5, 0.6) is 0 Å². The van der Waals surface area contributed by atoms with E-state index in [0.29, 0.717) is 5.82 Å². The lowest BCUT2D eigenvalue weighted by Gasteiger charge is -2.13. The smallest absolute Gasteiger partial charge is 0.224 e. The van der Waals surface area contributed by atoms with Crippen LogP contribution in [0.3, 0.4) is 0 Å². The van der Waals surface area contributed by atoms with Crippen molar-refractivity contribution in [2.24, 2.45) is 0 Å². The maximum absolute atomic E-state index is 5.81. The van der Waals surface area contributed by atoms with E-state index in [1.165, 1.54) is 31.5 Å². The van der Waals surface area contributed by atoms with Gasteiger partial charge in [-0.05, 0) is 44.5 Å². The highest BCUT2D eigenvalue weighted by Gasteiger charge is 2.15. The molecule has 1 fully saturated rings. The Kier molecular flexibility index (Phi) is 3.48. The lowest BCUT2D eigenvalue weighted by molar-refractivity contribution is 0.330. The van der Waals surface area contributed by atoms with Gasteiger partial charge in [0.15, 0.2) is 5.82 Å². The van der Waals surface area contributed by atoms with Crippen molar-refractivity contribution in [1.82, 2.24) is 24.6 Å². The molecule has 3 heterocycles. The molecule has 0 spiro atoms. The first-order valence-electron chi connectivity index (χ1n) is 6.49. The molecular formula is C13H16ClN5. The topological polar surface area (TPSA) is 46.8 Å². The molecule has 0 saturated carbocycles. The molecule has 0 aliphatic carbocycles. The summed E-state index contributed by atoms with van der Waals surface area (Å²) in [6.07, 6.45) is 6.28. The normalized spacial score (nSPS) is 16.1. The van der Waals surface area contributed by atoms with Crippen LogP contribution in [0.15, 0.2) is 18.5 Å². The Bertz CT molecular complexity index is 574. The zero-order valence-electron chi connectivity index (χ0n) is 10.9. The van der Waals surface area contributed by atoms with Crippen molar-refractivity contribution in [3.05, 3.63) is 35.0 Å². The van der Waals surface area contributed by atoms with E-state index in [0.717, 1.165) is 12.2 Å². The van der Waals surface area contributed by atoms with Crippen LogP contribution in [-0.4, -0.2) is 37.7 Å². The van der Waals surface area contributed by atoms with E-state index in [4.69, 9.17) is 11.6 Å². The minimum absolute atomic E-state index is 0.242. The Labute approximate surface area is 117 Å². The minimum atomic E-state index is 0.242. The van der Waals surface area contributed by atoms with Crippen molar-refractivity contribution in [2.75, 3.05) is 13.1 Å². The monoisotopic (exact) mass is 277 g/mol. The molecule has 2 aromatic rings. The Hall–Kier alpha value is -1.46. The second-order valence-electron chi connectivity index (χ2n) is 4.85. The first-order valence-corrected chi connectivity index (χ1v) is 6.86. The van der Waals surface area contributed by atoms with Crippen LogP contribution in [0.25, 0.3) is 5.82 Å². The molecule has 3 rings (SSSR count). The van der Waals surface area contributed by atoms with Crippen LogP contribution < -0.4 is 0 Å². The molecule has 1 aliphatic heterocycles. The van der Waals surface area contributed by atoms with E-state index in [9.17, 15) is 0 Å². The predicted molar refractivity (Wildman–Crippen MR) is 73.4 cm³/mol. The number of rotatable bonds is 3. The number of halogens is 1. The van der Waals surface area contributed by atoms with E-state index in [1.54, 1.807) is 16.9 Å². The summed E-state index contributed by atoms with van der Waals surface area (Å²) < 4.78 is 1.77. The second-order valence-corrected chi connectivity index (χ2v) is 5.19. The number of nitrogens with zero attached hydrogens (tertiary/aromatic N) is 5. The van der Waals surface area contributed by atoms with Gasteiger partial charge in [0.2, 0.25) is 5.28 Å². The number of hydrogen-bond acceptors (Lipinski definition) is 4. The van der Waals surface area contributed by atoms with Gasteiger partial charge in [-0.3, -0.25) is 4.90 Å². The number of hydrogen-bond donors (Lipinski definition) is 0. The molecule has 0 N–H and O–H groups in total. The molecule has 100 valence electrons. The molecule has 19 heavy (non-hydrogen) atoms. The number of aryl methyl sites for hydroxylation is 1. The van der Waals surface area contributed by atoms with Gasteiger partial charge in [-0.25, -0.2) is 9.67 Å². The Morgan fingerprint density at radius 1 is 1.32 bits per heavy atom. The summed E-state index contributed by atoms with van der Waals surface area (Å²) in [4.78, 5) is 10.5. The van der Waals surface area contributed by atoms with Gasteiger partial charge in [0, 0.05) is 30.6 Å². The lowest BCUT2D eigenvalue weighted by Crippen LogP contribution is -2.18. The molecule has 0 bridgehead atoms. The average molecular weight is 278 g/mol. The molecule has 0 atom stereocenters. The minimum Gasteiger partial charge on any atom is -0.299 e. The number of aromatic nitrogens is 4. The molecule has 0 amide bonds. The number of likely N-dealkylation sites (tertiary alicyclic amines) is 1. The largest absolute Gasteiger partial charge is 0.299 e. The first kappa shape index (κ1) is 12.6. The standard InChI is InChI=1S/C13H16ClN5/c1-10-11(8-18-6-2-3-7-18)9-19(17-10)12-4-5-15-13(14)16-12/h4-5,9H,2-3,6-8H2,1H3. The highest BCUT2D eigenvalue weighted by Crippen LogP contribution is 2.16. The van der Waals surface area contributed by atoms with Crippen molar-refractivity contribution in [3.63, 3.8) is 0 Å². The fourth-order valence-electron chi connectivity index (χ4n) is 2.40. The summed E-state index contributed by atoms with van der Waals surface area (Å²) in [6.45, 7) is 5.36. The van der Waals surface area contributed by atoms with Gasteiger partial charge in [-0.2, -0.15) is 10.1 Å². The zero-order chi connectivity index (χ0) is 13.2. The van der Waals surface area contributed by atoms with Crippen LogP contribution in [0.2, 0.25) is 5.28 Å². The van der Waals surface area contributed by atoms with Gasteiger partial charge >= 0.3 is 0 Å². The van der Waals surface area contributed by atoms with Crippen molar-refractivity contribution in [3.8, 4) is 5.82 Å². The molecule has 0 radical (unpaired) electrons. The SMILES string of the molecule is Cc1nn(-c2ccnc(Cl)n2)cc1CN1CCCC1. The quantitative estimate of drug-likeness (QED) is 0.807. The summed E-state index contributed by atoms with van der Waals surface area (Å²) in [5.41, 5.74) is 2.29. The predicted octanol–water partition coefficient (Wildman–Crippen LogP) is 2.22. The second kappa shape index (κ2) is 5.27. The molecule has 0 unspecified atom stereocenters. The first-order chi connectivity index (χ1) is 9.22. The molecular weight excluding hydrogens is 262 g/mol. The molecule has 1 aliphatic rings. The van der Waals surface area contributed by atoms with E-state index < -0.39 is 0 Å². The molecule has 2 aromatic heterocycles. The van der Waals surface area contributed by atoms with Gasteiger partial charge < -0.3 is 0 Å². The average Bonchev–Trinajstić information content (AvgIpc) is 3.01. The van der Waals surface area contributed by atoms with Gasteiger partial charge in [0.25, 0.3) is 0 Å².